The SMILES string of the molecule is C[C@H](Sc1nnc(-c2cccnc2)o1)C(=O)c1c[nH]c2ccccc12. The van der Waals surface area contributed by atoms with Gasteiger partial charge in [0.05, 0.1) is 10.8 Å². The van der Waals surface area contributed by atoms with Crippen molar-refractivity contribution in [3.63, 3.8) is 0 Å². The number of ketones is 1. The molecule has 6 nitrogen and oxygen atoms in total. The maximum absolute atomic E-state index is 12.8. The second-order valence-electron chi connectivity index (χ2n) is 5.49. The Morgan fingerprint density at radius 3 is 2.92 bits per heavy atom. The molecule has 0 unspecified atom stereocenters. The van der Waals surface area contributed by atoms with Gasteiger partial charge in [0.1, 0.15) is 0 Å². The number of nitrogens with one attached hydrogen (secondary N) is 1. The van der Waals surface area contributed by atoms with Gasteiger partial charge in [-0.1, -0.05) is 30.0 Å². The molecule has 0 spiro atoms. The quantitative estimate of drug-likeness (QED) is 0.433. The number of Topliss-reactive ketones (excluding diaryl/α,β-unsaturated/α-hetero) is 1. The van der Waals surface area contributed by atoms with E-state index in [-0.39, 0.29) is 11.0 Å². The van der Waals surface area contributed by atoms with E-state index in [1.165, 1.54) is 11.8 Å². The molecular formula is C18H14N4O2S. The second kappa shape index (κ2) is 6.52. The number of fused-ring (bicyclic) bond motifs is 1. The van der Waals surface area contributed by atoms with Gasteiger partial charge in [0.2, 0.25) is 5.89 Å². The molecule has 0 radical (unpaired) electrons. The molecule has 3 heterocycles. The third-order valence-electron chi connectivity index (χ3n) is 3.82. The number of para-hydroxylation sites is 1. The highest BCUT2D eigenvalue weighted by Crippen LogP contribution is 2.29. The Bertz CT molecular complexity index is 1030. The molecule has 0 amide bonds. The van der Waals surface area contributed by atoms with Gasteiger partial charge in [-0.3, -0.25) is 9.78 Å². The molecule has 3 aromatic heterocycles. The molecule has 25 heavy (non-hydrogen) atoms. The number of benzene rings is 1. The molecule has 0 saturated heterocycles. The van der Waals surface area contributed by atoms with E-state index in [9.17, 15) is 4.79 Å². The van der Waals surface area contributed by atoms with E-state index in [2.05, 4.69) is 20.2 Å². The van der Waals surface area contributed by atoms with E-state index >= 15 is 0 Å². The lowest BCUT2D eigenvalue weighted by molar-refractivity contribution is 0.0995. The first kappa shape index (κ1) is 15.6. The largest absolute Gasteiger partial charge is 0.411 e. The Morgan fingerprint density at radius 2 is 2.08 bits per heavy atom. The summed E-state index contributed by atoms with van der Waals surface area (Å²) in [5, 5.41) is 8.97. The lowest BCUT2D eigenvalue weighted by Gasteiger charge is -2.06. The van der Waals surface area contributed by atoms with Crippen molar-refractivity contribution in [1.82, 2.24) is 20.2 Å². The number of thioether (sulfide) groups is 1. The third-order valence-corrected chi connectivity index (χ3v) is 4.75. The van der Waals surface area contributed by atoms with Gasteiger partial charge in [-0.05, 0) is 25.1 Å². The number of hydrogen-bond acceptors (Lipinski definition) is 6. The van der Waals surface area contributed by atoms with Crippen molar-refractivity contribution in [3.8, 4) is 11.5 Å². The van der Waals surface area contributed by atoms with Crippen molar-refractivity contribution in [2.45, 2.75) is 17.4 Å². The van der Waals surface area contributed by atoms with E-state index in [0.717, 1.165) is 16.5 Å². The Hall–Kier alpha value is -2.93. The third kappa shape index (κ3) is 3.06. The monoisotopic (exact) mass is 350 g/mol. The van der Waals surface area contributed by atoms with Crippen LogP contribution in [0.4, 0.5) is 0 Å². The van der Waals surface area contributed by atoms with Crippen LogP contribution in [0, 0.1) is 0 Å². The van der Waals surface area contributed by atoms with Gasteiger partial charge < -0.3 is 9.40 Å². The number of hydrogen-bond donors (Lipinski definition) is 1. The zero-order valence-electron chi connectivity index (χ0n) is 13.3. The molecule has 1 N–H and O–H groups in total. The normalized spacial score (nSPS) is 12.4. The number of nitrogens with zero attached hydrogens (tertiary/aromatic N) is 3. The molecule has 4 rings (SSSR count). The van der Waals surface area contributed by atoms with E-state index in [4.69, 9.17) is 4.42 Å². The number of rotatable bonds is 5. The maximum atomic E-state index is 12.8. The second-order valence-corrected chi connectivity index (χ2v) is 6.78. The summed E-state index contributed by atoms with van der Waals surface area (Å²) in [5.74, 6) is 0.408. The Labute approximate surface area is 147 Å². The van der Waals surface area contributed by atoms with E-state index in [1.54, 1.807) is 24.7 Å². The van der Waals surface area contributed by atoms with E-state index in [1.807, 2.05) is 37.3 Å². The van der Waals surface area contributed by atoms with Gasteiger partial charge in [-0.15, -0.1) is 10.2 Å². The maximum Gasteiger partial charge on any atom is 0.277 e. The molecule has 0 fully saturated rings. The Kier molecular flexibility index (Phi) is 4.07. The summed E-state index contributed by atoms with van der Waals surface area (Å²) in [4.78, 5) is 19.9. The van der Waals surface area contributed by atoms with Gasteiger partial charge in [0, 0.05) is 35.1 Å². The van der Waals surface area contributed by atoms with E-state index in [0.29, 0.717) is 16.7 Å². The Morgan fingerprint density at radius 1 is 1.20 bits per heavy atom. The molecule has 1 atom stereocenters. The molecule has 0 aliphatic rings. The molecule has 4 aromatic rings. The van der Waals surface area contributed by atoms with Crippen LogP contribution in [0.25, 0.3) is 22.4 Å². The molecule has 124 valence electrons. The summed E-state index contributed by atoms with van der Waals surface area (Å²) in [6.07, 6.45) is 5.08. The van der Waals surface area contributed by atoms with Crippen LogP contribution in [0.2, 0.25) is 0 Å². The van der Waals surface area contributed by atoms with Crippen LogP contribution < -0.4 is 0 Å². The van der Waals surface area contributed by atoms with Gasteiger partial charge in [-0.2, -0.15) is 0 Å². The predicted molar refractivity (Wildman–Crippen MR) is 95.5 cm³/mol. The van der Waals surface area contributed by atoms with Crippen LogP contribution in [0.5, 0.6) is 0 Å². The van der Waals surface area contributed by atoms with Crippen molar-refractivity contribution in [1.29, 1.82) is 0 Å². The highest BCUT2D eigenvalue weighted by Gasteiger charge is 2.22. The van der Waals surface area contributed by atoms with Crippen LogP contribution in [0.1, 0.15) is 17.3 Å². The first-order valence-electron chi connectivity index (χ1n) is 7.73. The summed E-state index contributed by atoms with van der Waals surface area (Å²) in [6, 6.07) is 11.4. The van der Waals surface area contributed by atoms with Crippen LogP contribution >= 0.6 is 11.8 Å². The zero-order chi connectivity index (χ0) is 17.2. The molecule has 7 heteroatoms. The lowest BCUT2D eigenvalue weighted by atomic mass is 10.1. The standard InChI is InChI=1S/C18H14N4O2S/c1-11(16(23)14-10-20-15-7-3-2-6-13(14)15)25-18-22-21-17(24-18)12-5-4-8-19-9-12/h2-11,20H,1H3/t11-/m0/s1. The lowest BCUT2D eigenvalue weighted by Crippen LogP contribution is -2.13. The fourth-order valence-corrected chi connectivity index (χ4v) is 3.31. The first-order chi connectivity index (χ1) is 12.2. The molecule has 0 bridgehead atoms. The van der Waals surface area contributed by atoms with Crippen molar-refractivity contribution in [2.75, 3.05) is 0 Å². The highest BCUT2D eigenvalue weighted by atomic mass is 32.2. The molecular weight excluding hydrogens is 336 g/mol. The molecule has 1 aromatic carbocycles. The average molecular weight is 350 g/mol. The van der Waals surface area contributed by atoms with Gasteiger partial charge in [-0.25, -0.2) is 0 Å². The average Bonchev–Trinajstić information content (AvgIpc) is 3.29. The number of aromatic amines is 1. The summed E-state index contributed by atoms with van der Waals surface area (Å²) in [6.45, 7) is 1.84. The number of carbonyl (C=O) groups excluding carboxylic acids is 1. The van der Waals surface area contributed by atoms with E-state index < -0.39 is 0 Å². The number of carbonyl (C=O) groups is 1. The molecule has 0 aliphatic carbocycles. The summed E-state index contributed by atoms with van der Waals surface area (Å²) >= 11 is 1.25. The van der Waals surface area contributed by atoms with Gasteiger partial charge in [0.25, 0.3) is 5.22 Å². The van der Waals surface area contributed by atoms with Crippen LogP contribution in [0.15, 0.2) is 64.6 Å². The topological polar surface area (TPSA) is 84.7 Å². The van der Waals surface area contributed by atoms with Crippen molar-refractivity contribution in [2.24, 2.45) is 0 Å². The smallest absolute Gasteiger partial charge is 0.277 e. The fourth-order valence-electron chi connectivity index (χ4n) is 2.56. The minimum atomic E-state index is -0.346. The predicted octanol–water partition coefficient (Wildman–Crippen LogP) is 3.98. The van der Waals surface area contributed by atoms with Crippen LogP contribution in [-0.4, -0.2) is 31.2 Å². The van der Waals surface area contributed by atoms with Crippen LogP contribution in [0.3, 0.4) is 0 Å². The zero-order valence-corrected chi connectivity index (χ0v) is 14.2. The first-order valence-corrected chi connectivity index (χ1v) is 8.61. The van der Waals surface area contributed by atoms with Crippen LogP contribution in [-0.2, 0) is 0 Å². The number of aromatic nitrogens is 4. The fraction of sp³-hybridized carbons (Fsp3) is 0.111. The van der Waals surface area contributed by atoms with Crippen molar-refractivity contribution < 1.29 is 9.21 Å². The van der Waals surface area contributed by atoms with Gasteiger partial charge in [0.15, 0.2) is 5.78 Å². The number of pyridine rings is 1. The molecule has 0 saturated carbocycles. The molecule has 0 aliphatic heterocycles. The summed E-state index contributed by atoms with van der Waals surface area (Å²) in [5.41, 5.74) is 2.36. The highest BCUT2D eigenvalue weighted by molar-refractivity contribution is 8.00. The minimum Gasteiger partial charge on any atom is -0.411 e. The Balaban J connectivity index is 1.53. The number of H-pyrrole nitrogens is 1. The van der Waals surface area contributed by atoms with Crippen molar-refractivity contribution in [3.05, 3.63) is 60.6 Å². The summed E-state index contributed by atoms with van der Waals surface area (Å²) < 4.78 is 5.64. The summed E-state index contributed by atoms with van der Waals surface area (Å²) in [7, 11) is 0. The van der Waals surface area contributed by atoms with Crippen molar-refractivity contribution >= 4 is 28.4 Å². The van der Waals surface area contributed by atoms with Gasteiger partial charge >= 0.3 is 0 Å². The minimum absolute atomic E-state index is 0.0172.